The Morgan fingerprint density at radius 1 is 1.24 bits per heavy atom. The maximum Gasteiger partial charge on any atom is 0.387 e. The molecule has 1 atom stereocenters. The number of rotatable bonds is 9. The molecule has 1 heterocycles. The van der Waals surface area contributed by atoms with E-state index in [9.17, 15) is 18.9 Å². The number of guanidine groups is 1. The highest BCUT2D eigenvalue weighted by molar-refractivity contribution is 14.0. The van der Waals surface area contributed by atoms with E-state index in [0.717, 1.165) is 24.2 Å². The molecule has 0 saturated carbocycles. The monoisotopic (exact) mass is 576 g/mol. The molecule has 0 bridgehead atoms. The molecule has 2 aromatic rings. The molecule has 3 rings (SSSR count). The molecule has 1 fully saturated rings. The number of hydrogen-bond acceptors (Lipinski definition) is 5. The number of benzene rings is 2. The van der Waals surface area contributed by atoms with Crippen LogP contribution >= 0.6 is 24.0 Å². The topological polar surface area (TPSA) is 89.2 Å². The van der Waals surface area contributed by atoms with Crippen LogP contribution in [0.5, 0.6) is 5.75 Å². The van der Waals surface area contributed by atoms with Gasteiger partial charge in [-0.25, -0.2) is 4.99 Å². The Balaban J connectivity index is 0.00000385. The first-order valence-electron chi connectivity index (χ1n) is 10.2. The van der Waals surface area contributed by atoms with E-state index >= 15 is 0 Å². The predicted octanol–water partition coefficient (Wildman–Crippen LogP) is 4.43. The van der Waals surface area contributed by atoms with Gasteiger partial charge in [0.05, 0.1) is 18.1 Å². The van der Waals surface area contributed by atoms with Gasteiger partial charge in [-0.1, -0.05) is 24.3 Å². The van der Waals surface area contributed by atoms with E-state index in [1.165, 1.54) is 24.3 Å². The van der Waals surface area contributed by atoms with Crippen LogP contribution in [0.1, 0.15) is 17.5 Å². The van der Waals surface area contributed by atoms with Crippen molar-refractivity contribution in [1.82, 2.24) is 10.2 Å². The lowest BCUT2D eigenvalue weighted by atomic mass is 10.1. The van der Waals surface area contributed by atoms with Crippen molar-refractivity contribution in [3.05, 3.63) is 69.8 Å². The maximum atomic E-state index is 12.3. The van der Waals surface area contributed by atoms with Gasteiger partial charge in [-0.3, -0.25) is 10.1 Å². The van der Waals surface area contributed by atoms with Crippen LogP contribution in [0.15, 0.2) is 53.5 Å². The van der Waals surface area contributed by atoms with Crippen molar-refractivity contribution >= 4 is 35.6 Å². The SMILES string of the molecule is CN(Cc1ccc(OC(F)F)cc1)C(=NCc1ccc([N+](=O)[O-])cc1)NCC1CCOC1.I. The van der Waals surface area contributed by atoms with Crippen molar-refractivity contribution in [1.29, 1.82) is 0 Å². The first-order chi connectivity index (χ1) is 15.4. The van der Waals surface area contributed by atoms with E-state index in [1.807, 2.05) is 11.9 Å². The summed E-state index contributed by atoms with van der Waals surface area (Å²) in [6.45, 7) is 0.174. The smallest absolute Gasteiger partial charge is 0.387 e. The molecule has 11 heteroatoms. The van der Waals surface area contributed by atoms with Gasteiger partial charge in [0.25, 0.3) is 5.69 Å². The summed E-state index contributed by atoms with van der Waals surface area (Å²) < 4.78 is 34.5. The number of nitrogens with zero attached hydrogens (tertiary/aromatic N) is 3. The second-order valence-electron chi connectivity index (χ2n) is 7.55. The molecule has 180 valence electrons. The molecule has 8 nitrogen and oxygen atoms in total. The van der Waals surface area contributed by atoms with Crippen molar-refractivity contribution < 1.29 is 23.2 Å². The van der Waals surface area contributed by atoms with E-state index in [1.54, 1.807) is 24.3 Å². The lowest BCUT2D eigenvalue weighted by molar-refractivity contribution is -0.384. The lowest BCUT2D eigenvalue weighted by Gasteiger charge is -2.24. The number of alkyl halides is 2. The van der Waals surface area contributed by atoms with Gasteiger partial charge >= 0.3 is 6.61 Å². The van der Waals surface area contributed by atoms with Gasteiger partial charge in [-0.15, -0.1) is 24.0 Å². The van der Waals surface area contributed by atoms with Gasteiger partial charge in [0, 0.05) is 44.8 Å². The number of nitro benzene ring substituents is 1. The molecule has 1 aliphatic rings. The van der Waals surface area contributed by atoms with E-state index in [0.29, 0.717) is 38.1 Å². The zero-order chi connectivity index (χ0) is 22.9. The van der Waals surface area contributed by atoms with Crippen LogP contribution in [-0.4, -0.2) is 49.2 Å². The first-order valence-corrected chi connectivity index (χ1v) is 10.2. The quantitative estimate of drug-likeness (QED) is 0.156. The molecule has 1 N–H and O–H groups in total. The second-order valence-corrected chi connectivity index (χ2v) is 7.55. The van der Waals surface area contributed by atoms with Crippen LogP contribution < -0.4 is 10.1 Å². The summed E-state index contributed by atoms with van der Waals surface area (Å²) >= 11 is 0. The molecule has 33 heavy (non-hydrogen) atoms. The van der Waals surface area contributed by atoms with Crippen LogP contribution in [0.2, 0.25) is 0 Å². The predicted molar refractivity (Wildman–Crippen MR) is 131 cm³/mol. The standard InChI is InChI=1S/C22H26F2N4O4.HI/c1-27(14-17-4-8-20(9-5-17)32-21(23)24)22(26-13-18-10-11-31-15-18)25-12-16-2-6-19(7-3-16)28(29)30;/h2-9,18,21H,10-15H2,1H3,(H,25,26);1H. The van der Waals surface area contributed by atoms with Crippen LogP contribution in [0.4, 0.5) is 14.5 Å². The number of nitrogens with one attached hydrogen (secondary N) is 1. The second kappa shape index (κ2) is 13.2. The zero-order valence-electron chi connectivity index (χ0n) is 18.2. The third kappa shape index (κ3) is 8.72. The number of halogens is 3. The summed E-state index contributed by atoms with van der Waals surface area (Å²) in [7, 11) is 1.89. The Bertz CT molecular complexity index is 908. The normalized spacial score (nSPS) is 15.8. The summed E-state index contributed by atoms with van der Waals surface area (Å²) in [5.74, 6) is 1.18. The minimum Gasteiger partial charge on any atom is -0.435 e. The van der Waals surface area contributed by atoms with Crippen molar-refractivity contribution in [2.45, 2.75) is 26.1 Å². The van der Waals surface area contributed by atoms with Gasteiger partial charge in [0.2, 0.25) is 0 Å². The van der Waals surface area contributed by atoms with Gasteiger partial charge in [0.15, 0.2) is 5.96 Å². The summed E-state index contributed by atoms with van der Waals surface area (Å²) in [4.78, 5) is 17.0. The van der Waals surface area contributed by atoms with Crippen molar-refractivity contribution in [2.24, 2.45) is 10.9 Å². The Labute approximate surface area is 208 Å². The average molecular weight is 576 g/mol. The lowest BCUT2D eigenvalue weighted by Crippen LogP contribution is -2.41. The molecule has 0 aliphatic carbocycles. The molecule has 2 aromatic carbocycles. The molecule has 1 aliphatic heterocycles. The van der Waals surface area contributed by atoms with E-state index in [2.05, 4.69) is 15.0 Å². The Hall–Kier alpha value is -2.54. The highest BCUT2D eigenvalue weighted by Crippen LogP contribution is 2.17. The largest absolute Gasteiger partial charge is 0.435 e. The maximum absolute atomic E-state index is 12.3. The highest BCUT2D eigenvalue weighted by Gasteiger charge is 2.17. The molecule has 0 amide bonds. The van der Waals surface area contributed by atoms with Gasteiger partial charge in [0.1, 0.15) is 5.75 Å². The fourth-order valence-electron chi connectivity index (χ4n) is 3.31. The Morgan fingerprint density at radius 3 is 2.48 bits per heavy atom. The molecular formula is C22H27F2IN4O4. The van der Waals surface area contributed by atoms with Crippen LogP contribution in [-0.2, 0) is 17.8 Å². The summed E-state index contributed by atoms with van der Waals surface area (Å²) in [6.07, 6.45) is 0.984. The number of hydrogen-bond donors (Lipinski definition) is 1. The third-order valence-corrected chi connectivity index (χ3v) is 5.06. The Morgan fingerprint density at radius 2 is 1.91 bits per heavy atom. The fourth-order valence-corrected chi connectivity index (χ4v) is 3.31. The molecule has 0 radical (unpaired) electrons. The molecule has 0 spiro atoms. The average Bonchev–Trinajstić information content (AvgIpc) is 3.28. The van der Waals surface area contributed by atoms with E-state index < -0.39 is 11.5 Å². The van der Waals surface area contributed by atoms with Crippen molar-refractivity contribution in [2.75, 3.05) is 26.8 Å². The number of nitro groups is 1. The molecule has 1 unspecified atom stereocenters. The summed E-state index contributed by atoms with van der Waals surface area (Å²) in [6, 6.07) is 12.8. The van der Waals surface area contributed by atoms with E-state index in [4.69, 9.17) is 4.74 Å². The highest BCUT2D eigenvalue weighted by atomic mass is 127. The fraction of sp³-hybridized carbons (Fsp3) is 0.409. The minimum absolute atomic E-state index is 0. The summed E-state index contributed by atoms with van der Waals surface area (Å²) in [5.41, 5.74) is 1.79. The van der Waals surface area contributed by atoms with Crippen LogP contribution in [0.3, 0.4) is 0 Å². The summed E-state index contributed by atoms with van der Waals surface area (Å²) in [5, 5.41) is 14.2. The van der Waals surface area contributed by atoms with E-state index in [-0.39, 0.29) is 35.4 Å². The molecule has 1 saturated heterocycles. The van der Waals surface area contributed by atoms with Crippen molar-refractivity contribution in [3.8, 4) is 5.75 Å². The van der Waals surface area contributed by atoms with Crippen molar-refractivity contribution in [3.63, 3.8) is 0 Å². The van der Waals surface area contributed by atoms with Crippen LogP contribution in [0, 0.1) is 16.0 Å². The third-order valence-electron chi connectivity index (χ3n) is 5.06. The molecular weight excluding hydrogens is 549 g/mol. The first kappa shape index (κ1) is 26.7. The zero-order valence-corrected chi connectivity index (χ0v) is 20.5. The van der Waals surface area contributed by atoms with Crippen LogP contribution in [0.25, 0.3) is 0 Å². The minimum atomic E-state index is -2.86. The molecule has 0 aromatic heterocycles. The Kier molecular flexibility index (Phi) is 10.7. The number of ether oxygens (including phenoxy) is 2. The number of aliphatic imine (C=N–C) groups is 1. The number of non-ortho nitro benzene ring substituents is 1. The van der Waals surface area contributed by atoms with Gasteiger partial charge < -0.3 is 19.7 Å². The van der Waals surface area contributed by atoms with Gasteiger partial charge in [-0.05, 0) is 29.7 Å². The van der Waals surface area contributed by atoms with Gasteiger partial charge in [-0.2, -0.15) is 8.78 Å².